The molecule has 3 rings (SSSR count). The highest BCUT2D eigenvalue weighted by atomic mass is 16.5. The maximum Gasteiger partial charge on any atom is 0.0949 e. The summed E-state index contributed by atoms with van der Waals surface area (Å²) in [4.78, 5) is 6.83. The first kappa shape index (κ1) is 14.0. The Hall–Kier alpha value is -0.910. The average molecular weight is 278 g/mol. The third kappa shape index (κ3) is 3.22. The smallest absolute Gasteiger partial charge is 0.0949 e. The minimum atomic E-state index is 0.299. The Morgan fingerprint density at radius 2 is 2.45 bits per heavy atom. The highest BCUT2D eigenvalue weighted by molar-refractivity contribution is 5.08. The molecule has 2 aliphatic rings. The van der Waals surface area contributed by atoms with Crippen molar-refractivity contribution >= 4 is 0 Å². The summed E-state index contributed by atoms with van der Waals surface area (Å²) < 4.78 is 8.23. The Labute approximate surface area is 121 Å². The summed E-state index contributed by atoms with van der Waals surface area (Å²) >= 11 is 0. The summed E-state index contributed by atoms with van der Waals surface area (Å²) in [6, 6.07) is 0. The Kier molecular flexibility index (Phi) is 4.70. The number of imidazole rings is 1. The minimum Gasteiger partial charge on any atom is -0.374 e. The van der Waals surface area contributed by atoms with E-state index < -0.39 is 0 Å². The van der Waals surface area contributed by atoms with Gasteiger partial charge in [-0.05, 0) is 25.9 Å². The summed E-state index contributed by atoms with van der Waals surface area (Å²) in [5.74, 6) is 0.608. The van der Waals surface area contributed by atoms with E-state index in [2.05, 4.69) is 26.7 Å². The quantitative estimate of drug-likeness (QED) is 0.894. The van der Waals surface area contributed by atoms with Gasteiger partial charge in [0.2, 0.25) is 0 Å². The van der Waals surface area contributed by atoms with Gasteiger partial charge in [0.15, 0.2) is 0 Å². The molecular weight excluding hydrogens is 252 g/mol. The lowest BCUT2D eigenvalue weighted by Crippen LogP contribution is -2.44. The van der Waals surface area contributed by atoms with Crippen LogP contribution in [-0.4, -0.2) is 59.9 Å². The topological polar surface area (TPSA) is 42.3 Å². The van der Waals surface area contributed by atoms with Gasteiger partial charge in [0, 0.05) is 37.4 Å². The van der Waals surface area contributed by atoms with Crippen molar-refractivity contribution in [3.63, 3.8) is 0 Å². The van der Waals surface area contributed by atoms with Crippen LogP contribution in [0.2, 0.25) is 0 Å². The predicted molar refractivity (Wildman–Crippen MR) is 78.9 cm³/mol. The van der Waals surface area contributed by atoms with Gasteiger partial charge in [-0.25, -0.2) is 4.98 Å². The van der Waals surface area contributed by atoms with Crippen molar-refractivity contribution in [2.45, 2.75) is 38.3 Å². The van der Waals surface area contributed by atoms with E-state index in [1.807, 2.05) is 12.5 Å². The minimum absolute atomic E-state index is 0.299. The van der Waals surface area contributed by atoms with E-state index in [1.54, 1.807) is 0 Å². The average Bonchev–Trinajstić information content (AvgIpc) is 2.96. The van der Waals surface area contributed by atoms with Crippen molar-refractivity contribution in [1.29, 1.82) is 0 Å². The molecular formula is C15H26N4O. The van der Waals surface area contributed by atoms with Crippen LogP contribution in [0.3, 0.4) is 0 Å². The van der Waals surface area contributed by atoms with Crippen molar-refractivity contribution < 1.29 is 4.74 Å². The number of ether oxygens (including phenoxy) is 1. The second-order valence-electron chi connectivity index (χ2n) is 5.90. The fourth-order valence-corrected chi connectivity index (χ4v) is 3.33. The van der Waals surface area contributed by atoms with Gasteiger partial charge in [-0.2, -0.15) is 0 Å². The number of likely N-dealkylation sites (N-methyl/N-ethyl adjacent to an activating group) is 1. The molecule has 20 heavy (non-hydrogen) atoms. The third-order valence-electron chi connectivity index (χ3n) is 4.53. The molecule has 2 saturated heterocycles. The van der Waals surface area contributed by atoms with Gasteiger partial charge >= 0.3 is 0 Å². The number of piperidine rings is 1. The third-order valence-corrected chi connectivity index (χ3v) is 4.53. The molecule has 1 N–H and O–H groups in total. The van der Waals surface area contributed by atoms with E-state index >= 15 is 0 Å². The van der Waals surface area contributed by atoms with E-state index in [1.165, 1.54) is 18.5 Å². The van der Waals surface area contributed by atoms with E-state index in [-0.39, 0.29) is 0 Å². The number of nitrogens with one attached hydrogen (secondary N) is 1. The van der Waals surface area contributed by atoms with Crippen LogP contribution >= 0.6 is 0 Å². The van der Waals surface area contributed by atoms with Crippen molar-refractivity contribution in [2.75, 3.05) is 39.3 Å². The standard InChI is InChI=1S/C15H26N4O/c1-2-18-6-7-20-14(10-18)11-19-12-17-9-15(19)13-4-3-5-16-8-13/h9,12-14,16H,2-8,10-11H2,1H3. The van der Waals surface area contributed by atoms with E-state index in [4.69, 9.17) is 4.74 Å². The van der Waals surface area contributed by atoms with Gasteiger partial charge in [0.25, 0.3) is 0 Å². The van der Waals surface area contributed by atoms with Gasteiger partial charge in [0.05, 0.1) is 25.6 Å². The molecule has 5 nitrogen and oxygen atoms in total. The van der Waals surface area contributed by atoms with Gasteiger partial charge in [-0.1, -0.05) is 6.92 Å². The Balaban J connectivity index is 1.63. The van der Waals surface area contributed by atoms with E-state index in [9.17, 15) is 0 Å². The first-order chi connectivity index (χ1) is 9.86. The summed E-state index contributed by atoms with van der Waals surface area (Å²) in [7, 11) is 0. The van der Waals surface area contributed by atoms with E-state index in [0.717, 1.165) is 45.9 Å². The molecule has 0 radical (unpaired) electrons. The molecule has 0 saturated carbocycles. The van der Waals surface area contributed by atoms with Gasteiger partial charge in [0.1, 0.15) is 0 Å². The molecule has 2 unspecified atom stereocenters. The molecule has 0 spiro atoms. The molecule has 2 aliphatic heterocycles. The van der Waals surface area contributed by atoms with Crippen LogP contribution in [0.15, 0.2) is 12.5 Å². The maximum atomic E-state index is 5.92. The predicted octanol–water partition coefficient (Wildman–Crippen LogP) is 1.07. The Morgan fingerprint density at radius 3 is 3.25 bits per heavy atom. The van der Waals surface area contributed by atoms with Crippen molar-refractivity contribution in [3.8, 4) is 0 Å². The van der Waals surface area contributed by atoms with Crippen molar-refractivity contribution in [3.05, 3.63) is 18.2 Å². The second kappa shape index (κ2) is 6.70. The van der Waals surface area contributed by atoms with Crippen LogP contribution in [0.1, 0.15) is 31.4 Å². The van der Waals surface area contributed by atoms with Gasteiger partial charge in [-0.15, -0.1) is 0 Å². The molecule has 2 atom stereocenters. The fourth-order valence-electron chi connectivity index (χ4n) is 3.33. The van der Waals surface area contributed by atoms with Gasteiger partial charge < -0.3 is 14.6 Å². The Morgan fingerprint density at radius 1 is 1.50 bits per heavy atom. The molecule has 3 heterocycles. The number of nitrogens with zero attached hydrogens (tertiary/aromatic N) is 3. The molecule has 0 bridgehead atoms. The van der Waals surface area contributed by atoms with Crippen LogP contribution < -0.4 is 5.32 Å². The van der Waals surface area contributed by atoms with E-state index in [0.29, 0.717) is 12.0 Å². The van der Waals surface area contributed by atoms with Crippen LogP contribution in [0, 0.1) is 0 Å². The zero-order valence-corrected chi connectivity index (χ0v) is 12.4. The molecule has 2 fully saturated rings. The number of hydrogen-bond donors (Lipinski definition) is 1. The molecule has 1 aromatic rings. The summed E-state index contributed by atoms with van der Waals surface area (Å²) in [5, 5.41) is 3.49. The number of hydrogen-bond acceptors (Lipinski definition) is 4. The van der Waals surface area contributed by atoms with Crippen LogP contribution in [-0.2, 0) is 11.3 Å². The summed E-state index contributed by atoms with van der Waals surface area (Å²) in [6.45, 7) is 9.46. The molecule has 0 aliphatic carbocycles. The number of rotatable bonds is 4. The highest BCUT2D eigenvalue weighted by Crippen LogP contribution is 2.23. The second-order valence-corrected chi connectivity index (χ2v) is 5.90. The zero-order valence-electron chi connectivity index (χ0n) is 12.4. The SMILES string of the molecule is CCN1CCOC(Cn2cncc2C2CCCNC2)C1. The maximum absolute atomic E-state index is 5.92. The van der Waals surface area contributed by atoms with Gasteiger partial charge in [-0.3, -0.25) is 4.90 Å². The Bertz CT molecular complexity index is 414. The molecule has 1 aromatic heterocycles. The zero-order chi connectivity index (χ0) is 13.8. The number of aromatic nitrogens is 2. The lowest BCUT2D eigenvalue weighted by molar-refractivity contribution is -0.0347. The largest absolute Gasteiger partial charge is 0.374 e. The first-order valence-corrected chi connectivity index (χ1v) is 7.91. The lowest BCUT2D eigenvalue weighted by atomic mass is 9.96. The summed E-state index contributed by atoms with van der Waals surface area (Å²) in [6.07, 6.45) is 6.84. The normalized spacial score (nSPS) is 28.6. The summed E-state index contributed by atoms with van der Waals surface area (Å²) in [5.41, 5.74) is 1.37. The molecule has 112 valence electrons. The molecule has 0 aromatic carbocycles. The first-order valence-electron chi connectivity index (χ1n) is 7.91. The molecule has 0 amide bonds. The fraction of sp³-hybridized carbons (Fsp3) is 0.800. The van der Waals surface area contributed by atoms with Crippen LogP contribution in [0.4, 0.5) is 0 Å². The number of morpholine rings is 1. The van der Waals surface area contributed by atoms with Crippen LogP contribution in [0.5, 0.6) is 0 Å². The van der Waals surface area contributed by atoms with Crippen molar-refractivity contribution in [2.24, 2.45) is 0 Å². The monoisotopic (exact) mass is 278 g/mol. The van der Waals surface area contributed by atoms with Crippen LogP contribution in [0.25, 0.3) is 0 Å². The van der Waals surface area contributed by atoms with Crippen molar-refractivity contribution in [1.82, 2.24) is 19.8 Å². The lowest BCUT2D eigenvalue weighted by Gasteiger charge is -2.33. The molecule has 5 heteroatoms. The highest BCUT2D eigenvalue weighted by Gasteiger charge is 2.23.